The summed E-state index contributed by atoms with van der Waals surface area (Å²) >= 11 is 0. The van der Waals surface area contributed by atoms with Crippen LogP contribution in [0, 0.1) is 20.8 Å². The molecule has 0 saturated heterocycles. The molecule has 2 aromatic carbocycles. The summed E-state index contributed by atoms with van der Waals surface area (Å²) < 4.78 is 12.8. The fourth-order valence-corrected chi connectivity index (χ4v) is 3.03. The number of ether oxygens (including phenoxy) is 2. The highest BCUT2D eigenvalue weighted by Crippen LogP contribution is 2.27. The molecule has 146 valence electrons. The molecule has 1 aromatic heterocycles. The molecule has 0 aliphatic rings. The number of amides is 1. The third-order valence-corrected chi connectivity index (χ3v) is 4.58. The van der Waals surface area contributed by atoms with Crippen LogP contribution in [0.3, 0.4) is 0 Å². The minimum Gasteiger partial charge on any atom is -0.493 e. The van der Waals surface area contributed by atoms with Gasteiger partial charge in [-0.2, -0.15) is 5.10 Å². The third-order valence-electron chi connectivity index (χ3n) is 4.58. The van der Waals surface area contributed by atoms with Crippen LogP contribution in [0.5, 0.6) is 11.5 Å². The lowest BCUT2D eigenvalue weighted by Crippen LogP contribution is -2.28. The molecule has 0 fully saturated rings. The molecule has 0 spiro atoms. The highest BCUT2D eigenvalue weighted by atomic mass is 16.5. The number of nitrogens with one attached hydrogen (secondary N) is 1. The first-order valence-corrected chi connectivity index (χ1v) is 9.14. The van der Waals surface area contributed by atoms with Crippen LogP contribution in [0.15, 0.2) is 48.5 Å². The van der Waals surface area contributed by atoms with E-state index >= 15 is 0 Å². The number of carbonyl (C=O) groups excluding carboxylic acids is 1. The topological polar surface area (TPSA) is 65.4 Å². The molecule has 6 nitrogen and oxygen atoms in total. The number of hydrogen-bond donors (Lipinski definition) is 1. The highest BCUT2D eigenvalue weighted by molar-refractivity contribution is 5.77. The van der Waals surface area contributed by atoms with Crippen molar-refractivity contribution in [2.24, 2.45) is 0 Å². The van der Waals surface area contributed by atoms with E-state index in [1.54, 1.807) is 13.2 Å². The van der Waals surface area contributed by atoms with E-state index in [0.717, 1.165) is 28.2 Å². The minimum absolute atomic E-state index is 0.0790. The van der Waals surface area contributed by atoms with Gasteiger partial charge >= 0.3 is 0 Å². The lowest BCUT2D eigenvalue weighted by atomic mass is 10.2. The number of carbonyl (C=O) groups is 1. The number of hydrogen-bond acceptors (Lipinski definition) is 4. The molecule has 0 saturated carbocycles. The van der Waals surface area contributed by atoms with Crippen LogP contribution in [0.4, 0.5) is 0 Å². The van der Waals surface area contributed by atoms with E-state index in [-0.39, 0.29) is 12.5 Å². The van der Waals surface area contributed by atoms with Crippen LogP contribution >= 0.6 is 0 Å². The fraction of sp³-hybridized carbons (Fsp3) is 0.273. The molecule has 3 rings (SSSR count). The van der Waals surface area contributed by atoms with Crippen molar-refractivity contribution in [1.82, 2.24) is 15.1 Å². The molecule has 1 amide bonds. The zero-order chi connectivity index (χ0) is 20.1. The van der Waals surface area contributed by atoms with Gasteiger partial charge in [-0.15, -0.1) is 0 Å². The Morgan fingerprint density at radius 3 is 2.54 bits per heavy atom. The lowest BCUT2D eigenvalue weighted by Gasteiger charge is -2.11. The summed E-state index contributed by atoms with van der Waals surface area (Å²) in [7, 11) is 1.58. The predicted molar refractivity (Wildman–Crippen MR) is 108 cm³/mol. The Bertz CT molecular complexity index is 965. The first-order chi connectivity index (χ1) is 13.5. The van der Waals surface area contributed by atoms with Crippen molar-refractivity contribution in [3.63, 3.8) is 0 Å². The van der Waals surface area contributed by atoms with Crippen LogP contribution in [0.1, 0.15) is 22.5 Å². The Balaban J connectivity index is 1.62. The molecule has 3 aromatic rings. The van der Waals surface area contributed by atoms with E-state index in [0.29, 0.717) is 18.0 Å². The van der Waals surface area contributed by atoms with Crippen LogP contribution in [-0.4, -0.2) is 29.4 Å². The molecular formula is C22H25N3O3. The number of rotatable bonds is 7. The molecular weight excluding hydrogens is 354 g/mol. The number of methoxy groups -OCH3 is 1. The predicted octanol–water partition coefficient (Wildman–Crippen LogP) is 3.50. The van der Waals surface area contributed by atoms with Gasteiger partial charge in [0.25, 0.3) is 5.91 Å². The number of aromatic nitrogens is 2. The van der Waals surface area contributed by atoms with E-state index < -0.39 is 0 Å². The average molecular weight is 379 g/mol. The minimum atomic E-state index is -0.200. The molecule has 6 heteroatoms. The van der Waals surface area contributed by atoms with E-state index in [9.17, 15) is 4.79 Å². The van der Waals surface area contributed by atoms with Gasteiger partial charge in [-0.1, -0.05) is 24.3 Å². The van der Waals surface area contributed by atoms with Crippen molar-refractivity contribution < 1.29 is 14.3 Å². The third kappa shape index (κ3) is 4.34. The first kappa shape index (κ1) is 19.5. The maximum absolute atomic E-state index is 12.3. The van der Waals surface area contributed by atoms with Crippen LogP contribution in [0.2, 0.25) is 0 Å². The van der Waals surface area contributed by atoms with Crippen molar-refractivity contribution in [1.29, 1.82) is 0 Å². The Kier molecular flexibility index (Phi) is 5.99. The smallest absolute Gasteiger partial charge is 0.258 e. The van der Waals surface area contributed by atoms with Gasteiger partial charge in [0, 0.05) is 17.8 Å². The summed E-state index contributed by atoms with van der Waals surface area (Å²) in [5.41, 5.74) is 4.96. The van der Waals surface area contributed by atoms with Gasteiger partial charge in [0.2, 0.25) is 0 Å². The quantitative estimate of drug-likeness (QED) is 0.682. The monoisotopic (exact) mass is 379 g/mol. The summed E-state index contributed by atoms with van der Waals surface area (Å²) in [6, 6.07) is 15.5. The van der Waals surface area contributed by atoms with Gasteiger partial charge < -0.3 is 14.8 Å². The SMILES string of the molecule is COc1cc(C)ccc1OCC(=O)NCc1c(C)nn(-c2ccccc2)c1C. The molecule has 0 atom stereocenters. The number of aryl methyl sites for hydroxylation is 2. The van der Waals surface area contributed by atoms with Gasteiger partial charge in [-0.25, -0.2) is 4.68 Å². The van der Waals surface area contributed by atoms with Crippen molar-refractivity contribution >= 4 is 5.91 Å². The molecule has 0 bridgehead atoms. The van der Waals surface area contributed by atoms with Gasteiger partial charge in [0.05, 0.1) is 18.5 Å². The highest BCUT2D eigenvalue weighted by Gasteiger charge is 2.14. The lowest BCUT2D eigenvalue weighted by molar-refractivity contribution is -0.123. The normalized spacial score (nSPS) is 10.6. The Morgan fingerprint density at radius 2 is 1.82 bits per heavy atom. The van der Waals surface area contributed by atoms with Crippen LogP contribution in [-0.2, 0) is 11.3 Å². The second-order valence-electron chi connectivity index (χ2n) is 6.62. The Hall–Kier alpha value is -3.28. The number of benzene rings is 2. The molecule has 1 N–H and O–H groups in total. The summed E-state index contributed by atoms with van der Waals surface area (Å²) in [6.45, 7) is 6.24. The standard InChI is InChI=1S/C22H25N3O3/c1-15-10-11-20(21(12-15)27-4)28-14-22(26)23-13-19-16(2)24-25(17(19)3)18-8-6-5-7-9-18/h5-12H,13-14H2,1-4H3,(H,23,26). The van der Waals surface area contributed by atoms with Gasteiger partial charge in [0.1, 0.15) is 0 Å². The molecule has 28 heavy (non-hydrogen) atoms. The number of para-hydroxylation sites is 1. The molecule has 1 heterocycles. The largest absolute Gasteiger partial charge is 0.493 e. The van der Waals surface area contributed by atoms with Crippen molar-refractivity contribution in [3.05, 3.63) is 71.0 Å². The maximum atomic E-state index is 12.3. The summed E-state index contributed by atoms with van der Waals surface area (Å²) in [6.07, 6.45) is 0. The Morgan fingerprint density at radius 1 is 1.07 bits per heavy atom. The number of nitrogens with zero attached hydrogens (tertiary/aromatic N) is 2. The fourth-order valence-electron chi connectivity index (χ4n) is 3.03. The zero-order valence-electron chi connectivity index (χ0n) is 16.7. The van der Waals surface area contributed by atoms with Crippen molar-refractivity contribution in [3.8, 4) is 17.2 Å². The molecule has 0 radical (unpaired) electrons. The average Bonchev–Trinajstić information content (AvgIpc) is 2.99. The van der Waals surface area contributed by atoms with Crippen molar-refractivity contribution in [2.75, 3.05) is 13.7 Å². The van der Waals surface area contributed by atoms with E-state index in [4.69, 9.17) is 9.47 Å². The van der Waals surface area contributed by atoms with Crippen LogP contribution < -0.4 is 14.8 Å². The van der Waals surface area contributed by atoms with Gasteiger partial charge in [-0.3, -0.25) is 4.79 Å². The second-order valence-corrected chi connectivity index (χ2v) is 6.62. The molecule has 0 aliphatic heterocycles. The van der Waals surface area contributed by atoms with Crippen LogP contribution in [0.25, 0.3) is 5.69 Å². The second kappa shape index (κ2) is 8.61. The molecule has 0 aliphatic carbocycles. The van der Waals surface area contributed by atoms with Crippen molar-refractivity contribution in [2.45, 2.75) is 27.3 Å². The van der Waals surface area contributed by atoms with E-state index in [2.05, 4.69) is 10.4 Å². The Labute approximate surface area is 165 Å². The zero-order valence-corrected chi connectivity index (χ0v) is 16.7. The first-order valence-electron chi connectivity index (χ1n) is 9.14. The molecule has 0 unspecified atom stereocenters. The van der Waals surface area contributed by atoms with E-state index in [1.807, 2.05) is 67.9 Å². The van der Waals surface area contributed by atoms with Gasteiger partial charge in [-0.05, 0) is 50.6 Å². The van der Waals surface area contributed by atoms with E-state index in [1.165, 1.54) is 0 Å². The summed E-state index contributed by atoms with van der Waals surface area (Å²) in [5, 5.41) is 7.51. The summed E-state index contributed by atoms with van der Waals surface area (Å²) in [4.78, 5) is 12.3. The van der Waals surface area contributed by atoms with Gasteiger partial charge in [0.15, 0.2) is 18.1 Å². The maximum Gasteiger partial charge on any atom is 0.258 e. The summed E-state index contributed by atoms with van der Waals surface area (Å²) in [5.74, 6) is 0.963.